The maximum absolute atomic E-state index is 12.6. The summed E-state index contributed by atoms with van der Waals surface area (Å²) in [5.41, 5.74) is 0. The topological polar surface area (TPSA) is 78.9 Å². The summed E-state index contributed by atoms with van der Waals surface area (Å²) >= 11 is 0. The maximum Gasteiger partial charge on any atom is 0.306 e. The van der Waals surface area contributed by atoms with Gasteiger partial charge in [-0.05, 0) is 25.2 Å². The first-order valence-electron chi connectivity index (χ1n) is 21.9. The van der Waals surface area contributed by atoms with Crippen molar-refractivity contribution < 1.29 is 28.6 Å². The second-order valence-electron chi connectivity index (χ2n) is 15.5. The van der Waals surface area contributed by atoms with Gasteiger partial charge in [-0.3, -0.25) is 14.4 Å². The summed E-state index contributed by atoms with van der Waals surface area (Å²) < 4.78 is 16.6. The highest BCUT2D eigenvalue weighted by atomic mass is 16.6. The molecule has 0 aromatic carbocycles. The summed E-state index contributed by atoms with van der Waals surface area (Å²) in [6.07, 6.45) is 36.8. The van der Waals surface area contributed by atoms with E-state index in [4.69, 9.17) is 14.2 Å². The Balaban J connectivity index is 4.23. The van der Waals surface area contributed by atoms with Crippen LogP contribution in [0.3, 0.4) is 0 Å². The lowest BCUT2D eigenvalue weighted by atomic mass is 10.0. The van der Waals surface area contributed by atoms with Crippen molar-refractivity contribution in [2.75, 3.05) is 13.2 Å². The molecule has 0 fully saturated rings. The molecular weight excluding hydrogens is 624 g/mol. The Morgan fingerprint density at radius 3 is 0.980 bits per heavy atom. The Morgan fingerprint density at radius 1 is 0.380 bits per heavy atom. The van der Waals surface area contributed by atoms with Crippen molar-refractivity contribution in [3.05, 3.63) is 0 Å². The van der Waals surface area contributed by atoms with Crippen LogP contribution in [0.4, 0.5) is 0 Å². The lowest BCUT2D eigenvalue weighted by molar-refractivity contribution is -0.167. The third kappa shape index (κ3) is 37.7. The van der Waals surface area contributed by atoms with Crippen LogP contribution in [0.1, 0.15) is 240 Å². The summed E-state index contributed by atoms with van der Waals surface area (Å²) in [6.45, 7) is 8.90. The van der Waals surface area contributed by atoms with Gasteiger partial charge in [0.1, 0.15) is 13.2 Å². The minimum atomic E-state index is -0.758. The third-order valence-corrected chi connectivity index (χ3v) is 9.79. The number of ether oxygens (including phenoxy) is 3. The average Bonchev–Trinajstić information content (AvgIpc) is 3.09. The molecule has 0 spiro atoms. The minimum Gasteiger partial charge on any atom is -0.462 e. The first kappa shape index (κ1) is 48.4. The molecule has 0 heterocycles. The Labute approximate surface area is 310 Å². The third-order valence-electron chi connectivity index (χ3n) is 9.79. The van der Waals surface area contributed by atoms with Crippen molar-refractivity contribution in [1.82, 2.24) is 0 Å². The molecule has 6 nitrogen and oxygen atoms in total. The molecule has 0 rings (SSSR count). The second-order valence-corrected chi connectivity index (χ2v) is 15.5. The van der Waals surface area contributed by atoms with Crippen molar-refractivity contribution in [2.45, 2.75) is 246 Å². The van der Waals surface area contributed by atoms with E-state index in [9.17, 15) is 14.4 Å². The van der Waals surface area contributed by atoms with Gasteiger partial charge in [0.15, 0.2) is 6.10 Å². The molecule has 0 radical (unpaired) electrons. The van der Waals surface area contributed by atoms with E-state index in [0.717, 1.165) is 63.7 Å². The van der Waals surface area contributed by atoms with Crippen molar-refractivity contribution in [3.8, 4) is 0 Å². The SMILES string of the molecule is CCCCCCCCCCCCCCCCCC(=O)OC[C@H](COC(=O)CCCCCCCCCC(C)C)OC(=O)CCCCCCCCC. The largest absolute Gasteiger partial charge is 0.462 e. The van der Waals surface area contributed by atoms with Crippen LogP contribution >= 0.6 is 0 Å². The van der Waals surface area contributed by atoms with Gasteiger partial charge < -0.3 is 14.2 Å². The predicted octanol–water partition coefficient (Wildman–Crippen LogP) is 13.6. The van der Waals surface area contributed by atoms with Crippen LogP contribution in [-0.2, 0) is 28.6 Å². The highest BCUT2D eigenvalue weighted by Gasteiger charge is 2.19. The first-order chi connectivity index (χ1) is 24.4. The monoisotopic (exact) mass is 709 g/mol. The van der Waals surface area contributed by atoms with Crippen molar-refractivity contribution in [3.63, 3.8) is 0 Å². The van der Waals surface area contributed by atoms with E-state index in [1.54, 1.807) is 0 Å². The molecule has 50 heavy (non-hydrogen) atoms. The molecule has 6 heteroatoms. The van der Waals surface area contributed by atoms with E-state index in [1.807, 2.05) is 0 Å². The molecule has 0 aliphatic heterocycles. The summed E-state index contributed by atoms with van der Waals surface area (Å²) in [7, 11) is 0. The molecule has 0 aromatic heterocycles. The molecule has 0 aliphatic carbocycles. The molecule has 0 unspecified atom stereocenters. The van der Waals surface area contributed by atoms with Crippen molar-refractivity contribution in [2.24, 2.45) is 5.92 Å². The molecule has 0 aliphatic rings. The Morgan fingerprint density at radius 2 is 0.660 bits per heavy atom. The second kappa shape index (κ2) is 38.6. The quantitative estimate of drug-likeness (QED) is 0.0359. The van der Waals surface area contributed by atoms with E-state index < -0.39 is 6.10 Å². The van der Waals surface area contributed by atoms with Crippen molar-refractivity contribution in [1.29, 1.82) is 0 Å². The van der Waals surface area contributed by atoms with E-state index in [0.29, 0.717) is 19.3 Å². The van der Waals surface area contributed by atoms with Gasteiger partial charge in [-0.25, -0.2) is 0 Å². The van der Waals surface area contributed by atoms with Gasteiger partial charge in [0.05, 0.1) is 0 Å². The number of hydrogen-bond acceptors (Lipinski definition) is 6. The van der Waals surface area contributed by atoms with Crippen LogP contribution < -0.4 is 0 Å². The van der Waals surface area contributed by atoms with Gasteiger partial charge in [0.25, 0.3) is 0 Å². The maximum atomic E-state index is 12.6. The van der Waals surface area contributed by atoms with E-state index in [2.05, 4.69) is 27.7 Å². The zero-order valence-corrected chi connectivity index (χ0v) is 33.9. The number of carbonyl (C=O) groups is 3. The molecule has 1 atom stereocenters. The van der Waals surface area contributed by atoms with Crippen LogP contribution in [0.15, 0.2) is 0 Å². The fourth-order valence-corrected chi connectivity index (χ4v) is 6.45. The highest BCUT2D eigenvalue weighted by molar-refractivity contribution is 5.71. The molecule has 0 N–H and O–H groups in total. The molecule has 296 valence electrons. The smallest absolute Gasteiger partial charge is 0.306 e. The van der Waals surface area contributed by atoms with Gasteiger partial charge >= 0.3 is 17.9 Å². The normalized spacial score (nSPS) is 11.9. The van der Waals surface area contributed by atoms with Gasteiger partial charge in [0, 0.05) is 19.3 Å². The van der Waals surface area contributed by atoms with Gasteiger partial charge in [-0.2, -0.15) is 0 Å². The van der Waals surface area contributed by atoms with Crippen molar-refractivity contribution >= 4 is 17.9 Å². The lowest BCUT2D eigenvalue weighted by Gasteiger charge is -2.18. The van der Waals surface area contributed by atoms with Gasteiger partial charge in [-0.1, -0.05) is 201 Å². The standard InChI is InChI=1S/C44H84O6/c1-5-7-9-11-13-14-15-16-17-18-19-20-24-27-31-35-42(45)48-38-41(50-44(47)37-33-29-22-12-10-8-6-2)39-49-43(46)36-32-28-25-21-23-26-30-34-40(3)4/h40-41H,5-39H2,1-4H3/t41-/m1/s1. The number of hydrogen-bond donors (Lipinski definition) is 0. The van der Waals surface area contributed by atoms with E-state index >= 15 is 0 Å². The van der Waals surface area contributed by atoms with Crippen LogP contribution in [0, 0.1) is 5.92 Å². The Bertz CT molecular complexity index is 751. The summed E-state index contributed by atoms with van der Waals surface area (Å²) in [5, 5.41) is 0. The average molecular weight is 709 g/mol. The summed E-state index contributed by atoms with van der Waals surface area (Å²) in [4.78, 5) is 37.5. The first-order valence-corrected chi connectivity index (χ1v) is 21.9. The number of rotatable bonds is 39. The van der Waals surface area contributed by atoms with Crippen LogP contribution in [0.2, 0.25) is 0 Å². The number of unbranched alkanes of at least 4 members (excludes halogenated alkanes) is 26. The fourth-order valence-electron chi connectivity index (χ4n) is 6.45. The zero-order chi connectivity index (χ0) is 36.8. The highest BCUT2D eigenvalue weighted by Crippen LogP contribution is 2.16. The van der Waals surface area contributed by atoms with Crippen LogP contribution in [0.25, 0.3) is 0 Å². The Kier molecular flexibility index (Phi) is 37.4. The summed E-state index contributed by atoms with van der Waals surface area (Å²) in [6, 6.07) is 0. The molecular formula is C44H84O6. The molecule has 0 amide bonds. The summed E-state index contributed by atoms with van der Waals surface area (Å²) in [5.74, 6) is -0.0843. The predicted molar refractivity (Wildman–Crippen MR) is 210 cm³/mol. The number of esters is 3. The lowest BCUT2D eigenvalue weighted by Crippen LogP contribution is -2.30. The fraction of sp³-hybridized carbons (Fsp3) is 0.932. The number of carbonyl (C=O) groups excluding carboxylic acids is 3. The molecule has 0 bridgehead atoms. The van der Waals surface area contributed by atoms with Crippen LogP contribution in [0.5, 0.6) is 0 Å². The zero-order valence-electron chi connectivity index (χ0n) is 33.9. The van der Waals surface area contributed by atoms with E-state index in [-0.39, 0.29) is 31.1 Å². The van der Waals surface area contributed by atoms with Gasteiger partial charge in [-0.15, -0.1) is 0 Å². The minimum absolute atomic E-state index is 0.0651. The molecule has 0 aromatic rings. The van der Waals surface area contributed by atoms with E-state index in [1.165, 1.54) is 135 Å². The van der Waals surface area contributed by atoms with Crippen LogP contribution in [-0.4, -0.2) is 37.2 Å². The Hall–Kier alpha value is -1.59. The molecule has 0 saturated carbocycles. The van der Waals surface area contributed by atoms with Gasteiger partial charge in [0.2, 0.25) is 0 Å². The molecule has 0 saturated heterocycles.